The maximum absolute atomic E-state index is 5.64. The van der Waals surface area contributed by atoms with Gasteiger partial charge in [0.15, 0.2) is 0 Å². The van der Waals surface area contributed by atoms with Crippen molar-refractivity contribution in [2.45, 2.75) is 38.8 Å². The number of rotatable bonds is 5. The topological polar surface area (TPSA) is 24.5 Å². The second kappa shape index (κ2) is 6.70. The number of nitrogens with zero attached hydrogens (tertiary/aromatic N) is 1. The summed E-state index contributed by atoms with van der Waals surface area (Å²) in [5, 5.41) is 3.45. The van der Waals surface area contributed by atoms with E-state index in [4.69, 9.17) is 4.74 Å². The van der Waals surface area contributed by atoms with Gasteiger partial charge in [0.2, 0.25) is 0 Å². The molecule has 0 aromatic heterocycles. The van der Waals surface area contributed by atoms with Crippen LogP contribution in [0, 0.1) is 0 Å². The van der Waals surface area contributed by atoms with Crippen LogP contribution in [0.2, 0.25) is 0 Å². The molecule has 0 bridgehead atoms. The van der Waals surface area contributed by atoms with Gasteiger partial charge in [-0.2, -0.15) is 0 Å². The molecule has 0 spiro atoms. The molecule has 110 valence electrons. The van der Waals surface area contributed by atoms with Gasteiger partial charge in [-0.1, -0.05) is 25.1 Å². The van der Waals surface area contributed by atoms with Crippen molar-refractivity contribution < 1.29 is 4.74 Å². The van der Waals surface area contributed by atoms with Crippen molar-refractivity contribution in [2.24, 2.45) is 0 Å². The van der Waals surface area contributed by atoms with Crippen molar-refractivity contribution in [1.82, 2.24) is 10.2 Å². The van der Waals surface area contributed by atoms with Crippen molar-refractivity contribution in [3.63, 3.8) is 0 Å². The first-order valence-electron chi connectivity index (χ1n) is 8.00. The molecule has 0 radical (unpaired) electrons. The monoisotopic (exact) mass is 274 g/mol. The van der Waals surface area contributed by atoms with Crippen LogP contribution >= 0.6 is 0 Å². The molecule has 1 aliphatic heterocycles. The summed E-state index contributed by atoms with van der Waals surface area (Å²) in [6, 6.07) is 7.61. The van der Waals surface area contributed by atoms with Crippen molar-refractivity contribution >= 4 is 0 Å². The van der Waals surface area contributed by atoms with Crippen LogP contribution in [0.3, 0.4) is 0 Å². The van der Waals surface area contributed by atoms with Crippen LogP contribution in [0.15, 0.2) is 18.2 Å². The molecule has 1 heterocycles. The Bertz CT molecular complexity index is 447. The zero-order valence-electron chi connectivity index (χ0n) is 12.5. The molecule has 2 aliphatic rings. The van der Waals surface area contributed by atoms with Gasteiger partial charge in [-0.25, -0.2) is 0 Å². The van der Waals surface area contributed by atoms with E-state index >= 15 is 0 Å². The molecule has 1 N–H and O–H groups in total. The molecular formula is C17H26N2O. The normalized spacial score (nSPS) is 22.9. The predicted octanol–water partition coefficient (Wildman–Crippen LogP) is 1.99. The highest BCUT2D eigenvalue weighted by atomic mass is 16.5. The third-order valence-electron chi connectivity index (χ3n) is 4.53. The highest BCUT2D eigenvalue weighted by Gasteiger charge is 2.23. The summed E-state index contributed by atoms with van der Waals surface area (Å²) in [6.07, 6.45) is 3.88. The van der Waals surface area contributed by atoms with E-state index in [0.29, 0.717) is 6.04 Å². The SMILES string of the molecule is CCNCC1COCCN1Cc1ccc2c(c1)CCC2. The van der Waals surface area contributed by atoms with Gasteiger partial charge in [-0.15, -0.1) is 0 Å². The van der Waals surface area contributed by atoms with Gasteiger partial charge in [0.1, 0.15) is 0 Å². The van der Waals surface area contributed by atoms with E-state index in [2.05, 4.69) is 35.3 Å². The van der Waals surface area contributed by atoms with E-state index in [9.17, 15) is 0 Å². The first kappa shape index (κ1) is 14.1. The molecule has 3 heteroatoms. The van der Waals surface area contributed by atoms with Crippen molar-refractivity contribution in [3.05, 3.63) is 34.9 Å². The highest BCUT2D eigenvalue weighted by Crippen LogP contribution is 2.24. The Kier molecular flexibility index (Phi) is 4.71. The molecular weight excluding hydrogens is 248 g/mol. The van der Waals surface area contributed by atoms with Crippen molar-refractivity contribution in [2.75, 3.05) is 32.8 Å². The summed E-state index contributed by atoms with van der Waals surface area (Å²) in [5.74, 6) is 0. The van der Waals surface area contributed by atoms with Gasteiger partial charge in [0.25, 0.3) is 0 Å². The third-order valence-corrected chi connectivity index (χ3v) is 4.53. The largest absolute Gasteiger partial charge is 0.378 e. The minimum Gasteiger partial charge on any atom is -0.378 e. The smallest absolute Gasteiger partial charge is 0.0635 e. The molecule has 1 aliphatic carbocycles. The second-order valence-corrected chi connectivity index (χ2v) is 5.96. The lowest BCUT2D eigenvalue weighted by atomic mass is 10.1. The number of hydrogen-bond donors (Lipinski definition) is 1. The Morgan fingerprint density at radius 2 is 2.20 bits per heavy atom. The number of morpholine rings is 1. The summed E-state index contributed by atoms with van der Waals surface area (Å²) in [6.45, 7) is 8.06. The van der Waals surface area contributed by atoms with E-state index < -0.39 is 0 Å². The fourth-order valence-corrected chi connectivity index (χ4v) is 3.35. The molecule has 1 saturated heterocycles. The molecule has 20 heavy (non-hydrogen) atoms. The lowest BCUT2D eigenvalue weighted by Crippen LogP contribution is -2.49. The minimum absolute atomic E-state index is 0.511. The summed E-state index contributed by atoms with van der Waals surface area (Å²) in [4.78, 5) is 2.57. The summed E-state index contributed by atoms with van der Waals surface area (Å²) in [7, 11) is 0. The van der Waals surface area contributed by atoms with E-state index in [1.807, 2.05) is 0 Å². The number of ether oxygens (including phenoxy) is 1. The molecule has 1 atom stereocenters. The van der Waals surface area contributed by atoms with Gasteiger partial charge >= 0.3 is 0 Å². The van der Waals surface area contributed by atoms with Crippen molar-refractivity contribution in [1.29, 1.82) is 0 Å². The average molecular weight is 274 g/mol. The Morgan fingerprint density at radius 1 is 1.30 bits per heavy atom. The molecule has 1 aromatic rings. The number of benzene rings is 1. The van der Waals surface area contributed by atoms with Crippen LogP contribution in [0.4, 0.5) is 0 Å². The van der Waals surface area contributed by atoms with Gasteiger partial charge in [0, 0.05) is 25.7 Å². The first-order chi connectivity index (χ1) is 9.86. The minimum atomic E-state index is 0.511. The Morgan fingerprint density at radius 3 is 3.10 bits per heavy atom. The maximum atomic E-state index is 5.64. The van der Waals surface area contributed by atoms with Gasteiger partial charge in [-0.3, -0.25) is 4.90 Å². The second-order valence-electron chi connectivity index (χ2n) is 5.96. The van der Waals surface area contributed by atoms with Gasteiger partial charge < -0.3 is 10.1 Å². The highest BCUT2D eigenvalue weighted by molar-refractivity contribution is 5.35. The number of fused-ring (bicyclic) bond motifs is 1. The number of aryl methyl sites for hydroxylation is 2. The van der Waals surface area contributed by atoms with Crippen LogP contribution in [0.5, 0.6) is 0 Å². The zero-order valence-corrected chi connectivity index (χ0v) is 12.5. The van der Waals surface area contributed by atoms with Crippen LogP contribution in [-0.2, 0) is 24.1 Å². The summed E-state index contributed by atoms with van der Waals surface area (Å²) in [5.41, 5.74) is 4.62. The predicted molar refractivity (Wildman–Crippen MR) is 82.0 cm³/mol. The van der Waals surface area contributed by atoms with E-state index in [1.54, 1.807) is 11.1 Å². The van der Waals surface area contributed by atoms with Crippen LogP contribution in [-0.4, -0.2) is 43.8 Å². The standard InChI is InChI=1S/C17H26N2O/c1-2-18-11-17-13-20-9-8-19(17)12-14-6-7-15-4-3-5-16(15)10-14/h6-7,10,17-18H,2-5,8-9,11-13H2,1H3. The molecule has 3 nitrogen and oxygen atoms in total. The molecule has 1 aromatic carbocycles. The fraction of sp³-hybridized carbons (Fsp3) is 0.647. The first-order valence-corrected chi connectivity index (χ1v) is 8.00. The van der Waals surface area contributed by atoms with E-state index in [-0.39, 0.29) is 0 Å². The number of nitrogens with one attached hydrogen (secondary N) is 1. The average Bonchev–Trinajstić information content (AvgIpc) is 2.94. The van der Waals surface area contributed by atoms with E-state index in [0.717, 1.165) is 39.4 Å². The van der Waals surface area contributed by atoms with Crippen LogP contribution in [0.1, 0.15) is 30.0 Å². The molecule has 0 amide bonds. The number of likely N-dealkylation sites (N-methyl/N-ethyl adjacent to an activating group) is 1. The Labute approximate surface area is 122 Å². The zero-order chi connectivity index (χ0) is 13.8. The molecule has 1 unspecified atom stereocenters. The fourth-order valence-electron chi connectivity index (χ4n) is 3.35. The molecule has 0 saturated carbocycles. The van der Waals surface area contributed by atoms with Gasteiger partial charge in [0.05, 0.1) is 13.2 Å². The summed E-state index contributed by atoms with van der Waals surface area (Å²) >= 11 is 0. The lowest BCUT2D eigenvalue weighted by Gasteiger charge is -2.35. The Hall–Kier alpha value is -0.900. The van der Waals surface area contributed by atoms with E-state index in [1.165, 1.54) is 24.8 Å². The molecule has 1 fully saturated rings. The van der Waals surface area contributed by atoms with Crippen LogP contribution < -0.4 is 5.32 Å². The van der Waals surface area contributed by atoms with Crippen LogP contribution in [0.25, 0.3) is 0 Å². The quantitative estimate of drug-likeness (QED) is 0.888. The number of hydrogen-bond acceptors (Lipinski definition) is 3. The third kappa shape index (κ3) is 3.22. The summed E-state index contributed by atoms with van der Waals surface area (Å²) < 4.78 is 5.64. The molecule has 3 rings (SSSR count). The maximum Gasteiger partial charge on any atom is 0.0635 e. The Balaban J connectivity index is 1.65. The lowest BCUT2D eigenvalue weighted by molar-refractivity contribution is -0.0107. The van der Waals surface area contributed by atoms with Crippen molar-refractivity contribution in [3.8, 4) is 0 Å². The van der Waals surface area contributed by atoms with Gasteiger partial charge in [-0.05, 0) is 42.5 Å².